The Morgan fingerprint density at radius 3 is 2.65 bits per heavy atom. The number of hydrogen-bond donors (Lipinski definition) is 2. The summed E-state index contributed by atoms with van der Waals surface area (Å²) in [7, 11) is 1.47. The van der Waals surface area contributed by atoms with Crippen LogP contribution in [0.3, 0.4) is 0 Å². The molecule has 2 N–H and O–H groups in total. The Labute approximate surface area is 195 Å². The maximum atomic E-state index is 14.3. The van der Waals surface area contributed by atoms with E-state index in [1.54, 1.807) is 24.5 Å². The zero-order valence-electron chi connectivity index (χ0n) is 19.0. The van der Waals surface area contributed by atoms with Crippen LogP contribution < -0.4 is 15.4 Å². The topological polar surface area (TPSA) is 115 Å². The number of benzene rings is 1. The van der Waals surface area contributed by atoms with Crippen molar-refractivity contribution in [1.29, 1.82) is 0 Å². The predicted octanol–water partition coefficient (Wildman–Crippen LogP) is 3.59. The van der Waals surface area contributed by atoms with Crippen molar-refractivity contribution in [2.45, 2.75) is 19.8 Å². The molecule has 4 aromatic rings. The molecule has 9 nitrogen and oxygen atoms in total. The Bertz CT molecular complexity index is 1310. The molecule has 1 atom stereocenters. The normalized spacial score (nSPS) is 11.8. The molecule has 10 heteroatoms. The maximum absolute atomic E-state index is 14.3. The van der Waals surface area contributed by atoms with E-state index in [0.29, 0.717) is 41.6 Å². The number of nitrogens with one attached hydrogen (secondary N) is 2. The van der Waals surface area contributed by atoms with Crippen molar-refractivity contribution in [2.24, 2.45) is 0 Å². The van der Waals surface area contributed by atoms with Crippen molar-refractivity contribution < 1.29 is 13.9 Å². The standard InChI is InChI=1S/C24H24FN7O2/c1-4-34-24-29-10-15(11-30-24)19-8-20(32-13-31-19)27-9-14(2)16-6-5-7-17-21(23(33)26-3)18(25)12-28-22(16)17/h5-8,10-14H,4,9H2,1-3H3,(H,26,33)(H,27,31,32)/t14-/m1/s1. The van der Waals surface area contributed by atoms with Crippen LogP contribution in [0.1, 0.15) is 35.7 Å². The van der Waals surface area contributed by atoms with Gasteiger partial charge in [-0.3, -0.25) is 9.78 Å². The van der Waals surface area contributed by atoms with Crippen LogP contribution >= 0.6 is 0 Å². The van der Waals surface area contributed by atoms with Gasteiger partial charge in [-0.15, -0.1) is 0 Å². The summed E-state index contributed by atoms with van der Waals surface area (Å²) in [5.74, 6) is -0.511. The Morgan fingerprint density at radius 2 is 1.91 bits per heavy atom. The number of carbonyl (C=O) groups excluding carboxylic acids is 1. The molecule has 34 heavy (non-hydrogen) atoms. The second-order valence-electron chi connectivity index (χ2n) is 7.56. The van der Waals surface area contributed by atoms with Crippen LogP contribution in [0, 0.1) is 5.82 Å². The molecule has 0 aliphatic carbocycles. The third kappa shape index (κ3) is 4.75. The fraction of sp³-hybridized carbons (Fsp3) is 0.250. The number of nitrogens with zero attached hydrogens (tertiary/aromatic N) is 5. The number of hydrogen-bond acceptors (Lipinski definition) is 8. The number of para-hydroxylation sites is 1. The minimum Gasteiger partial charge on any atom is -0.464 e. The molecule has 0 bridgehead atoms. The molecule has 3 heterocycles. The number of carbonyl (C=O) groups is 1. The first-order chi connectivity index (χ1) is 16.5. The third-order valence-electron chi connectivity index (χ3n) is 5.32. The lowest BCUT2D eigenvalue weighted by molar-refractivity contribution is 0.0960. The van der Waals surface area contributed by atoms with Crippen LogP contribution in [0.4, 0.5) is 10.2 Å². The van der Waals surface area contributed by atoms with Gasteiger partial charge in [-0.1, -0.05) is 25.1 Å². The number of halogens is 1. The Hall–Kier alpha value is -4.21. The zero-order valence-corrected chi connectivity index (χ0v) is 19.0. The second-order valence-corrected chi connectivity index (χ2v) is 7.56. The van der Waals surface area contributed by atoms with Crippen molar-refractivity contribution in [3.8, 4) is 17.3 Å². The van der Waals surface area contributed by atoms with E-state index >= 15 is 0 Å². The van der Waals surface area contributed by atoms with Gasteiger partial charge < -0.3 is 15.4 Å². The highest BCUT2D eigenvalue weighted by Crippen LogP contribution is 2.28. The van der Waals surface area contributed by atoms with Gasteiger partial charge in [-0.05, 0) is 12.5 Å². The molecular formula is C24H24FN7O2. The molecule has 4 rings (SSSR count). The molecule has 3 aromatic heterocycles. The van der Waals surface area contributed by atoms with Crippen LogP contribution in [0.2, 0.25) is 0 Å². The fourth-order valence-electron chi connectivity index (χ4n) is 3.61. The van der Waals surface area contributed by atoms with Crippen molar-refractivity contribution in [3.63, 3.8) is 0 Å². The van der Waals surface area contributed by atoms with Crippen molar-refractivity contribution in [2.75, 3.05) is 25.5 Å². The van der Waals surface area contributed by atoms with Crippen LogP contribution in [-0.2, 0) is 0 Å². The molecule has 0 saturated heterocycles. The minimum atomic E-state index is -0.651. The minimum absolute atomic E-state index is 0.00692. The van der Waals surface area contributed by atoms with Crippen molar-refractivity contribution >= 4 is 22.6 Å². The summed E-state index contributed by atoms with van der Waals surface area (Å²) in [6, 6.07) is 7.56. The summed E-state index contributed by atoms with van der Waals surface area (Å²) in [6.07, 6.45) is 5.86. The van der Waals surface area contributed by atoms with Crippen LogP contribution in [0.15, 0.2) is 49.2 Å². The van der Waals surface area contributed by atoms with E-state index in [-0.39, 0.29) is 11.5 Å². The number of amides is 1. The number of aromatic nitrogens is 5. The molecule has 1 amide bonds. The SMILES string of the molecule is CCOc1ncc(-c2cc(NC[C@@H](C)c3cccc4c(C(=O)NC)c(F)cnc34)ncn2)cn1. The molecule has 174 valence electrons. The van der Waals surface area contributed by atoms with E-state index in [4.69, 9.17) is 4.74 Å². The first-order valence-electron chi connectivity index (χ1n) is 10.8. The first kappa shape index (κ1) is 23.0. The number of rotatable bonds is 8. The van der Waals surface area contributed by atoms with Gasteiger partial charge >= 0.3 is 6.01 Å². The van der Waals surface area contributed by atoms with Gasteiger partial charge in [0, 0.05) is 48.9 Å². The van der Waals surface area contributed by atoms with Gasteiger partial charge in [0.25, 0.3) is 5.91 Å². The average Bonchev–Trinajstić information content (AvgIpc) is 2.87. The molecule has 0 spiro atoms. The highest BCUT2D eigenvalue weighted by Gasteiger charge is 2.19. The highest BCUT2D eigenvalue weighted by molar-refractivity contribution is 6.06. The molecule has 1 aromatic carbocycles. The molecule has 0 aliphatic rings. The van der Waals surface area contributed by atoms with E-state index in [1.807, 2.05) is 26.0 Å². The summed E-state index contributed by atoms with van der Waals surface area (Å²) in [5.41, 5.74) is 2.89. The Morgan fingerprint density at radius 1 is 1.12 bits per heavy atom. The van der Waals surface area contributed by atoms with Gasteiger partial charge in [-0.2, -0.15) is 0 Å². The lowest BCUT2D eigenvalue weighted by atomic mass is 9.96. The quantitative estimate of drug-likeness (QED) is 0.409. The molecule has 0 saturated carbocycles. The fourth-order valence-corrected chi connectivity index (χ4v) is 3.61. The number of pyridine rings is 1. The number of ether oxygens (including phenoxy) is 1. The van der Waals surface area contributed by atoms with Gasteiger partial charge in [0.05, 0.1) is 29.6 Å². The Kier molecular flexibility index (Phi) is 6.86. The number of anilines is 1. The lowest BCUT2D eigenvalue weighted by Crippen LogP contribution is -2.20. The van der Waals surface area contributed by atoms with E-state index < -0.39 is 11.7 Å². The smallest absolute Gasteiger partial charge is 0.316 e. The summed E-state index contributed by atoms with van der Waals surface area (Å²) in [6.45, 7) is 4.92. The van der Waals surface area contributed by atoms with Crippen LogP contribution in [0.25, 0.3) is 22.2 Å². The van der Waals surface area contributed by atoms with Gasteiger partial charge in [0.15, 0.2) is 5.82 Å². The first-order valence-corrected chi connectivity index (χ1v) is 10.8. The van der Waals surface area contributed by atoms with E-state index in [9.17, 15) is 9.18 Å². The van der Waals surface area contributed by atoms with Gasteiger partial charge in [0.1, 0.15) is 12.1 Å². The lowest BCUT2D eigenvalue weighted by Gasteiger charge is -2.17. The summed E-state index contributed by atoms with van der Waals surface area (Å²) < 4.78 is 19.6. The molecule has 0 aliphatic heterocycles. The van der Waals surface area contributed by atoms with Crippen LogP contribution in [-0.4, -0.2) is 51.0 Å². The van der Waals surface area contributed by atoms with E-state index in [2.05, 4.69) is 35.6 Å². The monoisotopic (exact) mass is 461 g/mol. The highest BCUT2D eigenvalue weighted by atomic mass is 19.1. The molecule has 0 fully saturated rings. The summed E-state index contributed by atoms with van der Waals surface area (Å²) in [4.78, 5) is 33.4. The molecule has 0 radical (unpaired) electrons. The third-order valence-corrected chi connectivity index (χ3v) is 5.32. The van der Waals surface area contributed by atoms with Crippen LogP contribution in [0.5, 0.6) is 6.01 Å². The summed E-state index contributed by atoms with van der Waals surface area (Å²) >= 11 is 0. The van der Waals surface area contributed by atoms with E-state index in [0.717, 1.165) is 17.3 Å². The van der Waals surface area contributed by atoms with Crippen molar-refractivity contribution in [1.82, 2.24) is 30.2 Å². The number of fused-ring (bicyclic) bond motifs is 1. The maximum Gasteiger partial charge on any atom is 0.316 e. The average molecular weight is 462 g/mol. The van der Waals surface area contributed by atoms with Gasteiger partial charge in [-0.25, -0.2) is 24.3 Å². The molecular weight excluding hydrogens is 437 g/mol. The predicted molar refractivity (Wildman–Crippen MR) is 126 cm³/mol. The molecule has 0 unspecified atom stereocenters. The summed E-state index contributed by atoms with van der Waals surface area (Å²) in [5, 5.41) is 6.28. The van der Waals surface area contributed by atoms with E-state index in [1.165, 1.54) is 13.4 Å². The van der Waals surface area contributed by atoms with Gasteiger partial charge in [0.2, 0.25) is 0 Å². The van der Waals surface area contributed by atoms with Crippen molar-refractivity contribution in [3.05, 3.63) is 66.1 Å². The second kappa shape index (κ2) is 10.2. The largest absolute Gasteiger partial charge is 0.464 e. The Balaban J connectivity index is 1.54. The zero-order chi connectivity index (χ0) is 24.1.